The van der Waals surface area contributed by atoms with Crippen molar-refractivity contribution in [2.75, 3.05) is 5.75 Å². The van der Waals surface area contributed by atoms with Gasteiger partial charge < -0.3 is 4.98 Å². The van der Waals surface area contributed by atoms with Crippen molar-refractivity contribution in [2.45, 2.75) is 11.6 Å². The first-order valence-corrected chi connectivity index (χ1v) is 7.34. The molecule has 5 heteroatoms. The molecule has 0 unspecified atom stereocenters. The number of hydrogen-bond acceptors (Lipinski definition) is 3. The summed E-state index contributed by atoms with van der Waals surface area (Å²) in [6.07, 6.45) is 4.65. The third kappa shape index (κ3) is 3.08. The fraction of sp³-hybridized carbons (Fsp3) is 0.143. The first-order valence-electron chi connectivity index (χ1n) is 5.98. The maximum absolute atomic E-state index is 5.95. The molecule has 0 bridgehead atoms. The van der Waals surface area contributed by atoms with Gasteiger partial charge in [0.15, 0.2) is 5.16 Å². The number of thioether (sulfide) groups is 1. The lowest BCUT2D eigenvalue weighted by molar-refractivity contribution is 1.06. The number of rotatable bonds is 4. The number of aromatic amines is 1. The Kier molecular flexibility index (Phi) is 3.71. The molecule has 0 saturated heterocycles. The van der Waals surface area contributed by atoms with Crippen molar-refractivity contribution in [3.05, 3.63) is 53.3 Å². The summed E-state index contributed by atoms with van der Waals surface area (Å²) in [7, 11) is 0. The molecule has 0 saturated carbocycles. The molecular weight excluding hydrogens is 278 g/mol. The summed E-state index contributed by atoms with van der Waals surface area (Å²) < 4.78 is 0. The van der Waals surface area contributed by atoms with Crippen LogP contribution >= 0.6 is 23.4 Å². The highest BCUT2D eigenvalue weighted by molar-refractivity contribution is 7.99. The van der Waals surface area contributed by atoms with Gasteiger partial charge in [0.1, 0.15) is 0 Å². The first kappa shape index (κ1) is 12.5. The zero-order valence-electron chi connectivity index (χ0n) is 10.1. The average Bonchev–Trinajstić information content (AvgIpc) is 2.82. The second kappa shape index (κ2) is 5.63. The number of hydrogen-bond donors (Lipinski definition) is 1. The number of benzene rings is 1. The van der Waals surface area contributed by atoms with Crippen molar-refractivity contribution in [1.82, 2.24) is 15.0 Å². The average molecular weight is 290 g/mol. The summed E-state index contributed by atoms with van der Waals surface area (Å²) in [5, 5.41) is 1.66. The largest absolute Gasteiger partial charge is 0.333 e. The molecule has 3 nitrogen and oxygen atoms in total. The summed E-state index contributed by atoms with van der Waals surface area (Å²) in [6, 6.07) is 9.77. The molecule has 0 amide bonds. The standard InChI is InChI=1S/C14H12ClN3S/c15-11-1-2-12-13(9-11)18-14(17-12)19-8-5-10-3-6-16-7-4-10/h1-4,6-7,9H,5,8H2,(H,17,18). The Hall–Kier alpha value is -1.52. The van der Waals surface area contributed by atoms with Crippen LogP contribution in [0.15, 0.2) is 47.9 Å². The van der Waals surface area contributed by atoms with Crippen molar-refractivity contribution < 1.29 is 0 Å². The quantitative estimate of drug-likeness (QED) is 0.740. The molecule has 0 fully saturated rings. The minimum atomic E-state index is 0.726. The van der Waals surface area contributed by atoms with E-state index in [0.717, 1.165) is 33.4 Å². The normalized spacial score (nSPS) is 11.0. The molecule has 2 heterocycles. The van der Waals surface area contributed by atoms with Crippen LogP contribution in [0.1, 0.15) is 5.56 Å². The number of fused-ring (bicyclic) bond motifs is 1. The van der Waals surface area contributed by atoms with Crippen LogP contribution in [0.2, 0.25) is 5.02 Å². The number of nitrogens with one attached hydrogen (secondary N) is 1. The number of aryl methyl sites for hydroxylation is 1. The number of halogens is 1. The smallest absolute Gasteiger partial charge is 0.166 e. The van der Waals surface area contributed by atoms with Gasteiger partial charge in [-0.05, 0) is 42.3 Å². The Balaban J connectivity index is 1.65. The number of imidazole rings is 1. The van der Waals surface area contributed by atoms with Crippen LogP contribution in [-0.4, -0.2) is 20.7 Å². The third-order valence-corrected chi connectivity index (χ3v) is 3.91. The molecule has 19 heavy (non-hydrogen) atoms. The Morgan fingerprint density at radius 3 is 2.84 bits per heavy atom. The van der Waals surface area contributed by atoms with E-state index < -0.39 is 0 Å². The van der Waals surface area contributed by atoms with Gasteiger partial charge in [0.2, 0.25) is 0 Å². The molecule has 0 atom stereocenters. The molecule has 2 aromatic heterocycles. The van der Waals surface area contributed by atoms with E-state index in [0.29, 0.717) is 0 Å². The molecule has 1 aromatic carbocycles. The Morgan fingerprint density at radius 2 is 2.00 bits per heavy atom. The van der Waals surface area contributed by atoms with Gasteiger partial charge in [-0.15, -0.1) is 0 Å². The van der Waals surface area contributed by atoms with E-state index >= 15 is 0 Å². The van der Waals surface area contributed by atoms with E-state index in [1.54, 1.807) is 11.8 Å². The van der Waals surface area contributed by atoms with Gasteiger partial charge in [0, 0.05) is 23.2 Å². The Morgan fingerprint density at radius 1 is 1.16 bits per heavy atom. The molecule has 0 aliphatic rings. The Labute approximate surface area is 120 Å². The zero-order valence-corrected chi connectivity index (χ0v) is 11.7. The molecule has 0 aliphatic carbocycles. The highest BCUT2D eigenvalue weighted by Gasteiger charge is 2.03. The van der Waals surface area contributed by atoms with Crippen molar-refractivity contribution in [3.63, 3.8) is 0 Å². The van der Waals surface area contributed by atoms with Gasteiger partial charge in [-0.1, -0.05) is 23.4 Å². The molecule has 1 N–H and O–H groups in total. The first-order chi connectivity index (χ1) is 9.31. The molecular formula is C14H12ClN3S. The van der Waals surface area contributed by atoms with Crippen LogP contribution in [-0.2, 0) is 6.42 Å². The van der Waals surface area contributed by atoms with Gasteiger partial charge in [-0.2, -0.15) is 0 Å². The predicted octanol–water partition coefficient (Wildman–Crippen LogP) is 3.95. The summed E-state index contributed by atoms with van der Waals surface area (Å²) in [5.41, 5.74) is 3.23. The van der Waals surface area contributed by atoms with E-state index in [1.165, 1.54) is 5.56 Å². The molecule has 96 valence electrons. The van der Waals surface area contributed by atoms with Crippen molar-refractivity contribution in [3.8, 4) is 0 Å². The number of nitrogens with zero attached hydrogens (tertiary/aromatic N) is 2. The topological polar surface area (TPSA) is 41.6 Å². The van der Waals surface area contributed by atoms with Crippen LogP contribution < -0.4 is 0 Å². The van der Waals surface area contributed by atoms with Gasteiger partial charge in [0.25, 0.3) is 0 Å². The SMILES string of the molecule is Clc1ccc2nc(SCCc3ccncc3)[nH]c2c1. The maximum Gasteiger partial charge on any atom is 0.166 e. The minimum absolute atomic E-state index is 0.726. The number of H-pyrrole nitrogens is 1. The van der Waals surface area contributed by atoms with E-state index in [-0.39, 0.29) is 0 Å². The summed E-state index contributed by atoms with van der Waals surface area (Å²) >= 11 is 7.67. The Bertz CT molecular complexity index is 681. The fourth-order valence-electron chi connectivity index (χ4n) is 1.84. The van der Waals surface area contributed by atoms with Gasteiger partial charge >= 0.3 is 0 Å². The van der Waals surface area contributed by atoms with E-state index in [2.05, 4.69) is 15.0 Å². The highest BCUT2D eigenvalue weighted by atomic mass is 35.5. The lowest BCUT2D eigenvalue weighted by Gasteiger charge is -1.98. The monoisotopic (exact) mass is 289 g/mol. The number of aromatic nitrogens is 3. The van der Waals surface area contributed by atoms with Gasteiger partial charge in [-0.3, -0.25) is 4.98 Å². The summed E-state index contributed by atoms with van der Waals surface area (Å²) in [4.78, 5) is 11.8. The van der Waals surface area contributed by atoms with Crippen molar-refractivity contribution in [1.29, 1.82) is 0 Å². The van der Waals surface area contributed by atoms with Crippen LogP contribution in [0.3, 0.4) is 0 Å². The summed E-state index contributed by atoms with van der Waals surface area (Å²) in [5.74, 6) is 0.984. The fourth-order valence-corrected chi connectivity index (χ4v) is 2.89. The molecule has 0 radical (unpaired) electrons. The number of pyridine rings is 1. The van der Waals surface area contributed by atoms with Gasteiger partial charge in [0.05, 0.1) is 11.0 Å². The predicted molar refractivity (Wildman–Crippen MR) is 79.8 cm³/mol. The summed E-state index contributed by atoms with van der Waals surface area (Å²) in [6.45, 7) is 0. The van der Waals surface area contributed by atoms with E-state index in [9.17, 15) is 0 Å². The van der Waals surface area contributed by atoms with Crippen LogP contribution in [0, 0.1) is 0 Å². The molecule has 3 aromatic rings. The maximum atomic E-state index is 5.95. The second-order valence-corrected chi connectivity index (χ2v) is 5.68. The highest BCUT2D eigenvalue weighted by Crippen LogP contribution is 2.22. The zero-order chi connectivity index (χ0) is 13.1. The van der Waals surface area contributed by atoms with E-state index in [1.807, 2.05) is 42.7 Å². The van der Waals surface area contributed by atoms with Crippen molar-refractivity contribution >= 4 is 34.4 Å². The third-order valence-electron chi connectivity index (χ3n) is 2.80. The van der Waals surface area contributed by atoms with Gasteiger partial charge in [-0.25, -0.2) is 4.98 Å². The second-order valence-electron chi connectivity index (χ2n) is 4.16. The van der Waals surface area contributed by atoms with Crippen LogP contribution in [0.25, 0.3) is 11.0 Å². The van der Waals surface area contributed by atoms with E-state index in [4.69, 9.17) is 11.6 Å². The lowest BCUT2D eigenvalue weighted by Crippen LogP contribution is -1.89. The lowest BCUT2D eigenvalue weighted by atomic mass is 10.2. The molecule has 3 rings (SSSR count). The van der Waals surface area contributed by atoms with Crippen LogP contribution in [0.5, 0.6) is 0 Å². The molecule has 0 aliphatic heterocycles. The minimum Gasteiger partial charge on any atom is -0.333 e. The molecule has 0 spiro atoms. The van der Waals surface area contributed by atoms with Crippen molar-refractivity contribution in [2.24, 2.45) is 0 Å². The van der Waals surface area contributed by atoms with Crippen LogP contribution in [0.4, 0.5) is 0 Å².